The van der Waals surface area contributed by atoms with Crippen LogP contribution in [0.15, 0.2) is 35.3 Å². The van der Waals surface area contributed by atoms with Gasteiger partial charge in [0, 0.05) is 32.6 Å². The molecule has 0 bridgehead atoms. The third kappa shape index (κ3) is 10.4. The van der Waals surface area contributed by atoms with E-state index in [-0.39, 0.29) is 29.9 Å². The Kier molecular flexibility index (Phi) is 12.7. The van der Waals surface area contributed by atoms with Gasteiger partial charge in [-0.3, -0.25) is 9.79 Å². The standard InChI is InChI=1S/C20H32N4O2.HI/c1-21-20(22-14-8-16-26-18-11-6-3-7-12-18)23-15-13-19(25)24-17-9-4-2-5-10-17;/h3,6-7,11-12,17H,2,4-5,8-10,13-16H2,1H3,(H,24,25)(H2,21,22,23);1H. The molecule has 1 saturated carbocycles. The number of hydrogen-bond donors (Lipinski definition) is 3. The minimum atomic E-state index is 0. The van der Waals surface area contributed by atoms with Crippen molar-refractivity contribution in [2.75, 3.05) is 26.7 Å². The van der Waals surface area contributed by atoms with Crippen molar-refractivity contribution in [1.29, 1.82) is 0 Å². The first-order valence-electron chi connectivity index (χ1n) is 9.69. The molecule has 1 aliphatic carbocycles. The summed E-state index contributed by atoms with van der Waals surface area (Å²) in [5.41, 5.74) is 0. The van der Waals surface area contributed by atoms with Crippen LogP contribution in [0.2, 0.25) is 0 Å². The Balaban J connectivity index is 0.00000364. The first-order valence-corrected chi connectivity index (χ1v) is 9.69. The van der Waals surface area contributed by atoms with Crippen molar-refractivity contribution >= 4 is 35.8 Å². The fourth-order valence-corrected chi connectivity index (χ4v) is 3.05. The minimum Gasteiger partial charge on any atom is -0.494 e. The van der Waals surface area contributed by atoms with Gasteiger partial charge in [-0.2, -0.15) is 0 Å². The molecule has 27 heavy (non-hydrogen) atoms. The van der Waals surface area contributed by atoms with Crippen molar-refractivity contribution in [2.45, 2.75) is 51.0 Å². The number of para-hydroxylation sites is 1. The predicted octanol–water partition coefficient (Wildman–Crippen LogP) is 3.08. The summed E-state index contributed by atoms with van der Waals surface area (Å²) in [6.07, 6.45) is 7.33. The molecule has 1 aromatic rings. The van der Waals surface area contributed by atoms with Gasteiger partial charge in [-0.05, 0) is 31.4 Å². The third-order valence-corrected chi connectivity index (χ3v) is 4.46. The van der Waals surface area contributed by atoms with Crippen molar-refractivity contribution in [2.24, 2.45) is 4.99 Å². The van der Waals surface area contributed by atoms with Crippen LogP contribution in [0.1, 0.15) is 44.9 Å². The first kappa shape index (κ1) is 23.5. The highest BCUT2D eigenvalue weighted by Gasteiger charge is 2.15. The second kappa shape index (κ2) is 14.5. The van der Waals surface area contributed by atoms with Crippen molar-refractivity contribution in [3.8, 4) is 5.75 Å². The number of hydrogen-bond acceptors (Lipinski definition) is 3. The van der Waals surface area contributed by atoms with Crippen LogP contribution in [0.25, 0.3) is 0 Å². The van der Waals surface area contributed by atoms with Crippen LogP contribution in [0.5, 0.6) is 5.75 Å². The summed E-state index contributed by atoms with van der Waals surface area (Å²) in [4.78, 5) is 16.2. The highest BCUT2D eigenvalue weighted by molar-refractivity contribution is 14.0. The Labute approximate surface area is 179 Å². The molecule has 0 spiro atoms. The fraction of sp³-hybridized carbons (Fsp3) is 0.600. The smallest absolute Gasteiger partial charge is 0.221 e. The molecule has 1 aliphatic rings. The van der Waals surface area contributed by atoms with Crippen molar-refractivity contribution < 1.29 is 9.53 Å². The van der Waals surface area contributed by atoms with E-state index in [1.165, 1.54) is 19.3 Å². The molecule has 0 heterocycles. The zero-order valence-corrected chi connectivity index (χ0v) is 18.5. The van der Waals surface area contributed by atoms with Gasteiger partial charge < -0.3 is 20.7 Å². The largest absolute Gasteiger partial charge is 0.494 e. The number of rotatable bonds is 9. The number of guanidine groups is 1. The number of carbonyl (C=O) groups excluding carboxylic acids is 1. The van der Waals surface area contributed by atoms with Gasteiger partial charge in [0.25, 0.3) is 0 Å². The lowest BCUT2D eigenvalue weighted by Crippen LogP contribution is -2.41. The average Bonchev–Trinajstić information content (AvgIpc) is 2.68. The number of nitrogens with one attached hydrogen (secondary N) is 3. The molecule has 3 N–H and O–H groups in total. The lowest BCUT2D eigenvalue weighted by atomic mass is 9.95. The molecule has 0 aromatic heterocycles. The molecule has 0 unspecified atom stereocenters. The van der Waals surface area contributed by atoms with E-state index in [4.69, 9.17) is 4.74 Å². The van der Waals surface area contributed by atoms with Gasteiger partial charge in [-0.15, -0.1) is 24.0 Å². The molecular formula is C20H33IN4O2. The van der Waals surface area contributed by atoms with Gasteiger partial charge in [-0.25, -0.2) is 0 Å². The molecule has 1 fully saturated rings. The summed E-state index contributed by atoms with van der Waals surface area (Å²) in [6, 6.07) is 10.2. The molecule has 1 amide bonds. The minimum absolute atomic E-state index is 0. The van der Waals surface area contributed by atoms with E-state index >= 15 is 0 Å². The molecular weight excluding hydrogens is 455 g/mol. The summed E-state index contributed by atoms with van der Waals surface area (Å²) < 4.78 is 5.65. The molecule has 0 saturated heterocycles. The summed E-state index contributed by atoms with van der Waals surface area (Å²) >= 11 is 0. The molecule has 2 rings (SSSR count). The van der Waals surface area contributed by atoms with Crippen molar-refractivity contribution in [3.05, 3.63) is 30.3 Å². The lowest BCUT2D eigenvalue weighted by molar-refractivity contribution is -0.121. The average molecular weight is 488 g/mol. The monoisotopic (exact) mass is 488 g/mol. The van der Waals surface area contributed by atoms with Gasteiger partial charge in [-0.1, -0.05) is 37.5 Å². The quantitative estimate of drug-likeness (QED) is 0.216. The molecule has 6 nitrogen and oxygen atoms in total. The molecule has 152 valence electrons. The summed E-state index contributed by atoms with van der Waals surface area (Å²) in [7, 11) is 1.73. The number of amides is 1. The zero-order chi connectivity index (χ0) is 18.5. The number of carbonyl (C=O) groups is 1. The molecule has 7 heteroatoms. The van der Waals surface area contributed by atoms with Crippen LogP contribution in [0, 0.1) is 0 Å². The van der Waals surface area contributed by atoms with E-state index in [2.05, 4.69) is 20.9 Å². The van der Waals surface area contributed by atoms with Crippen LogP contribution < -0.4 is 20.7 Å². The predicted molar refractivity (Wildman–Crippen MR) is 121 cm³/mol. The lowest BCUT2D eigenvalue weighted by Gasteiger charge is -2.22. The number of halogens is 1. The molecule has 0 radical (unpaired) electrons. The van der Waals surface area contributed by atoms with E-state index < -0.39 is 0 Å². The van der Waals surface area contributed by atoms with Crippen LogP contribution in [-0.4, -0.2) is 44.7 Å². The molecule has 1 aromatic carbocycles. The second-order valence-electron chi connectivity index (χ2n) is 6.59. The first-order chi connectivity index (χ1) is 12.8. The third-order valence-electron chi connectivity index (χ3n) is 4.46. The van der Waals surface area contributed by atoms with E-state index in [1.54, 1.807) is 7.05 Å². The number of nitrogens with zero attached hydrogens (tertiary/aromatic N) is 1. The van der Waals surface area contributed by atoms with Gasteiger partial charge in [0.2, 0.25) is 5.91 Å². The highest BCUT2D eigenvalue weighted by atomic mass is 127. The van der Waals surface area contributed by atoms with Crippen LogP contribution >= 0.6 is 24.0 Å². The Morgan fingerprint density at radius 2 is 1.81 bits per heavy atom. The van der Waals surface area contributed by atoms with Crippen molar-refractivity contribution in [1.82, 2.24) is 16.0 Å². The number of ether oxygens (including phenoxy) is 1. The van der Waals surface area contributed by atoms with Crippen LogP contribution in [0.4, 0.5) is 0 Å². The topological polar surface area (TPSA) is 74.8 Å². The van der Waals surface area contributed by atoms with Crippen LogP contribution in [0.3, 0.4) is 0 Å². The highest BCUT2D eigenvalue weighted by Crippen LogP contribution is 2.17. The summed E-state index contributed by atoms with van der Waals surface area (Å²) in [6.45, 7) is 2.00. The van der Waals surface area contributed by atoms with E-state index in [0.29, 0.717) is 25.6 Å². The molecule has 0 atom stereocenters. The Morgan fingerprint density at radius 1 is 1.11 bits per heavy atom. The maximum atomic E-state index is 12.0. The SMILES string of the molecule is CN=C(NCCCOc1ccccc1)NCCC(=O)NC1CCCCC1.I. The molecule has 0 aliphatic heterocycles. The van der Waals surface area contributed by atoms with Crippen LogP contribution in [-0.2, 0) is 4.79 Å². The normalized spacial score (nSPS) is 14.8. The maximum Gasteiger partial charge on any atom is 0.221 e. The van der Waals surface area contributed by atoms with E-state index in [0.717, 1.165) is 37.5 Å². The van der Waals surface area contributed by atoms with E-state index in [1.807, 2.05) is 30.3 Å². The van der Waals surface area contributed by atoms with Gasteiger partial charge in [0.15, 0.2) is 5.96 Å². The fourth-order valence-electron chi connectivity index (χ4n) is 3.05. The number of aliphatic imine (C=N–C) groups is 1. The van der Waals surface area contributed by atoms with E-state index in [9.17, 15) is 4.79 Å². The van der Waals surface area contributed by atoms with Crippen molar-refractivity contribution in [3.63, 3.8) is 0 Å². The summed E-state index contributed by atoms with van der Waals surface area (Å²) in [5, 5.41) is 9.55. The van der Waals surface area contributed by atoms with Gasteiger partial charge in [0.1, 0.15) is 5.75 Å². The van der Waals surface area contributed by atoms with Gasteiger partial charge >= 0.3 is 0 Å². The number of benzene rings is 1. The Bertz CT molecular complexity index is 548. The summed E-state index contributed by atoms with van der Waals surface area (Å²) in [5.74, 6) is 1.73. The zero-order valence-electron chi connectivity index (χ0n) is 16.2. The Hall–Kier alpha value is -1.51. The maximum absolute atomic E-state index is 12.0. The Morgan fingerprint density at radius 3 is 2.52 bits per heavy atom. The second-order valence-corrected chi connectivity index (χ2v) is 6.59. The van der Waals surface area contributed by atoms with Gasteiger partial charge in [0.05, 0.1) is 6.61 Å².